The summed E-state index contributed by atoms with van der Waals surface area (Å²) < 4.78 is 13.3. The van der Waals surface area contributed by atoms with Gasteiger partial charge in [0.05, 0.1) is 5.69 Å². The number of hydrogen-bond donors (Lipinski definition) is 2. The highest BCUT2D eigenvalue weighted by molar-refractivity contribution is 5.94. The molecule has 0 saturated heterocycles. The van der Waals surface area contributed by atoms with Crippen LogP contribution >= 0.6 is 0 Å². The van der Waals surface area contributed by atoms with E-state index in [9.17, 15) is 4.39 Å². The number of anilines is 1. The fourth-order valence-electron chi connectivity index (χ4n) is 1.18. The summed E-state index contributed by atoms with van der Waals surface area (Å²) in [5.41, 5.74) is 5.68. The van der Waals surface area contributed by atoms with Crippen LogP contribution in [0.5, 0.6) is 0 Å². The Balaban J connectivity index is 3.07. The molecule has 0 spiro atoms. The van der Waals surface area contributed by atoms with Gasteiger partial charge in [0.2, 0.25) is 5.96 Å². The maximum absolute atomic E-state index is 13.3. The van der Waals surface area contributed by atoms with E-state index in [0.717, 1.165) is 0 Å². The first-order valence-electron chi connectivity index (χ1n) is 4.20. The van der Waals surface area contributed by atoms with Crippen molar-refractivity contribution in [2.75, 3.05) is 11.4 Å². The number of para-hydroxylation sites is 1. The zero-order valence-electron chi connectivity index (χ0n) is 7.81. The summed E-state index contributed by atoms with van der Waals surface area (Å²) in [6.07, 6.45) is 0. The molecule has 5 heteroatoms. The van der Waals surface area contributed by atoms with Gasteiger partial charge in [0, 0.05) is 6.54 Å². The Hall–Kier alpha value is -1.78. The maximum Gasteiger partial charge on any atom is 0.237 e. The molecule has 0 bridgehead atoms. The van der Waals surface area contributed by atoms with E-state index in [-0.39, 0.29) is 5.96 Å². The zero-order chi connectivity index (χ0) is 10.6. The third-order valence-corrected chi connectivity index (χ3v) is 1.84. The molecule has 0 radical (unpaired) electrons. The Morgan fingerprint density at radius 3 is 2.71 bits per heavy atom. The molecule has 14 heavy (non-hydrogen) atoms. The lowest BCUT2D eigenvalue weighted by atomic mass is 10.3. The maximum atomic E-state index is 13.3. The molecule has 0 aromatic heterocycles. The van der Waals surface area contributed by atoms with Crippen molar-refractivity contribution in [2.45, 2.75) is 6.92 Å². The standard InChI is InChI=1S/C9H12FN3O/c1-2-13(9(11)12-14)8-6-4-3-5-7(8)10/h3-6,14H,2H2,1H3,(H2,11,12). The molecule has 4 nitrogen and oxygen atoms in total. The van der Waals surface area contributed by atoms with Crippen molar-refractivity contribution in [2.24, 2.45) is 10.9 Å². The monoisotopic (exact) mass is 197 g/mol. The predicted molar refractivity (Wildman–Crippen MR) is 52.8 cm³/mol. The minimum absolute atomic E-state index is 0.127. The van der Waals surface area contributed by atoms with Crippen molar-refractivity contribution < 1.29 is 9.60 Å². The fraction of sp³-hybridized carbons (Fsp3) is 0.222. The normalized spacial score (nSPS) is 11.4. The summed E-state index contributed by atoms with van der Waals surface area (Å²) in [6, 6.07) is 6.16. The Morgan fingerprint density at radius 2 is 2.21 bits per heavy atom. The molecular formula is C9H12FN3O. The molecule has 0 heterocycles. The molecule has 0 aliphatic carbocycles. The molecule has 0 saturated carbocycles. The van der Waals surface area contributed by atoms with Gasteiger partial charge in [-0.1, -0.05) is 17.3 Å². The molecule has 0 unspecified atom stereocenters. The molecule has 0 amide bonds. The first-order valence-corrected chi connectivity index (χ1v) is 4.20. The van der Waals surface area contributed by atoms with Gasteiger partial charge in [0.15, 0.2) is 0 Å². The van der Waals surface area contributed by atoms with E-state index in [1.807, 2.05) is 0 Å². The van der Waals surface area contributed by atoms with Crippen molar-refractivity contribution in [3.05, 3.63) is 30.1 Å². The second-order valence-corrected chi connectivity index (χ2v) is 2.65. The van der Waals surface area contributed by atoms with E-state index < -0.39 is 5.82 Å². The number of nitrogens with zero attached hydrogens (tertiary/aromatic N) is 2. The average molecular weight is 197 g/mol. The number of oxime groups is 1. The van der Waals surface area contributed by atoms with E-state index in [2.05, 4.69) is 5.16 Å². The number of guanidine groups is 1. The molecule has 1 rings (SSSR count). The van der Waals surface area contributed by atoms with Crippen LogP contribution < -0.4 is 10.6 Å². The Bertz CT molecular complexity index is 341. The van der Waals surface area contributed by atoms with E-state index in [4.69, 9.17) is 10.9 Å². The summed E-state index contributed by atoms with van der Waals surface area (Å²) >= 11 is 0. The molecule has 0 fully saturated rings. The number of benzene rings is 1. The molecule has 3 N–H and O–H groups in total. The summed E-state index contributed by atoms with van der Waals surface area (Å²) in [4.78, 5) is 1.37. The van der Waals surface area contributed by atoms with Gasteiger partial charge in [-0.15, -0.1) is 0 Å². The van der Waals surface area contributed by atoms with Gasteiger partial charge in [0.25, 0.3) is 0 Å². The minimum Gasteiger partial charge on any atom is -0.408 e. The topological polar surface area (TPSA) is 61.8 Å². The van der Waals surface area contributed by atoms with E-state index >= 15 is 0 Å². The highest BCUT2D eigenvalue weighted by Crippen LogP contribution is 2.17. The lowest BCUT2D eigenvalue weighted by Gasteiger charge is -2.20. The summed E-state index contributed by atoms with van der Waals surface area (Å²) in [7, 11) is 0. The Morgan fingerprint density at radius 1 is 1.57 bits per heavy atom. The quantitative estimate of drug-likeness (QED) is 0.325. The summed E-state index contributed by atoms with van der Waals surface area (Å²) in [5, 5.41) is 11.3. The van der Waals surface area contributed by atoms with Crippen LogP contribution in [0.1, 0.15) is 6.92 Å². The highest BCUT2D eigenvalue weighted by Gasteiger charge is 2.12. The molecule has 0 atom stereocenters. The van der Waals surface area contributed by atoms with Gasteiger partial charge in [-0.05, 0) is 19.1 Å². The van der Waals surface area contributed by atoms with Gasteiger partial charge < -0.3 is 15.8 Å². The predicted octanol–water partition coefficient (Wildman–Crippen LogP) is 1.36. The van der Waals surface area contributed by atoms with Gasteiger partial charge in [-0.2, -0.15) is 0 Å². The molecule has 0 aliphatic rings. The molecular weight excluding hydrogens is 185 g/mol. The van der Waals surface area contributed by atoms with Crippen molar-refractivity contribution in [3.8, 4) is 0 Å². The van der Waals surface area contributed by atoms with E-state index in [1.165, 1.54) is 11.0 Å². The third kappa shape index (κ3) is 1.93. The van der Waals surface area contributed by atoms with Crippen LogP contribution in [0.3, 0.4) is 0 Å². The molecule has 76 valence electrons. The van der Waals surface area contributed by atoms with Crippen molar-refractivity contribution in [3.63, 3.8) is 0 Å². The van der Waals surface area contributed by atoms with Crippen molar-refractivity contribution >= 4 is 11.6 Å². The van der Waals surface area contributed by atoms with Crippen LogP contribution in [0.15, 0.2) is 29.4 Å². The van der Waals surface area contributed by atoms with Gasteiger partial charge in [-0.3, -0.25) is 0 Å². The zero-order valence-corrected chi connectivity index (χ0v) is 7.81. The fourth-order valence-corrected chi connectivity index (χ4v) is 1.18. The molecule has 1 aromatic carbocycles. The van der Waals surface area contributed by atoms with Crippen molar-refractivity contribution in [1.82, 2.24) is 0 Å². The second-order valence-electron chi connectivity index (χ2n) is 2.65. The smallest absolute Gasteiger partial charge is 0.237 e. The van der Waals surface area contributed by atoms with Gasteiger partial charge in [0.1, 0.15) is 5.82 Å². The Labute approximate surface area is 81.4 Å². The van der Waals surface area contributed by atoms with Crippen LogP contribution in [0, 0.1) is 5.82 Å². The lowest BCUT2D eigenvalue weighted by Crippen LogP contribution is -2.37. The number of hydrogen-bond acceptors (Lipinski definition) is 2. The highest BCUT2D eigenvalue weighted by atomic mass is 19.1. The number of rotatable bonds is 2. The van der Waals surface area contributed by atoms with Crippen LogP contribution in [0.2, 0.25) is 0 Å². The molecule has 0 aliphatic heterocycles. The first kappa shape index (κ1) is 10.3. The van der Waals surface area contributed by atoms with Gasteiger partial charge in [-0.25, -0.2) is 4.39 Å². The SMILES string of the molecule is CCN(C(N)=NO)c1ccccc1F. The van der Waals surface area contributed by atoms with Crippen LogP contribution in [0.4, 0.5) is 10.1 Å². The van der Waals surface area contributed by atoms with Crippen molar-refractivity contribution in [1.29, 1.82) is 0 Å². The van der Waals surface area contributed by atoms with Crippen LogP contribution in [0.25, 0.3) is 0 Å². The second kappa shape index (κ2) is 4.45. The van der Waals surface area contributed by atoms with E-state index in [0.29, 0.717) is 12.2 Å². The van der Waals surface area contributed by atoms with Gasteiger partial charge >= 0.3 is 0 Å². The summed E-state index contributed by atoms with van der Waals surface area (Å²) in [5.74, 6) is -0.529. The average Bonchev–Trinajstić information content (AvgIpc) is 2.21. The van der Waals surface area contributed by atoms with Crippen LogP contribution in [-0.2, 0) is 0 Å². The molecule has 1 aromatic rings. The van der Waals surface area contributed by atoms with E-state index in [1.54, 1.807) is 25.1 Å². The summed E-state index contributed by atoms with van der Waals surface area (Å²) in [6.45, 7) is 2.21. The minimum atomic E-state index is -0.402. The largest absolute Gasteiger partial charge is 0.408 e. The van der Waals surface area contributed by atoms with Crippen LogP contribution in [-0.4, -0.2) is 17.7 Å². The number of halogens is 1. The first-order chi connectivity index (χ1) is 6.70. The Kier molecular flexibility index (Phi) is 3.28. The lowest BCUT2D eigenvalue weighted by molar-refractivity contribution is 0.317. The number of nitrogens with two attached hydrogens (primary N) is 1. The third-order valence-electron chi connectivity index (χ3n) is 1.84.